The Morgan fingerprint density at radius 1 is 1.02 bits per heavy atom. The Morgan fingerprint density at radius 3 is 2.45 bits per heavy atom. The van der Waals surface area contributed by atoms with E-state index in [4.69, 9.17) is 32.7 Å². The van der Waals surface area contributed by atoms with E-state index in [1.807, 2.05) is 36.4 Å². The van der Waals surface area contributed by atoms with Crippen LogP contribution in [-0.2, 0) is 16.2 Å². The van der Waals surface area contributed by atoms with Gasteiger partial charge < -0.3 is 19.3 Å². The summed E-state index contributed by atoms with van der Waals surface area (Å²) in [5, 5.41) is 0.566. The highest BCUT2D eigenvalue weighted by atomic mass is 127. The number of halogens is 3. The SMILES string of the molecule is COc1cc(/C=C2/SC(=O)N(CC(=O)N3CCN(c4ccccc4)CC3)C2=O)cc(I)c1OCc1ccc(Cl)cc1Cl. The summed E-state index contributed by atoms with van der Waals surface area (Å²) in [5.41, 5.74) is 2.53. The molecule has 2 aliphatic heterocycles. The van der Waals surface area contributed by atoms with Gasteiger partial charge in [0.2, 0.25) is 5.91 Å². The molecule has 3 amide bonds. The van der Waals surface area contributed by atoms with Gasteiger partial charge in [-0.15, -0.1) is 0 Å². The van der Waals surface area contributed by atoms with E-state index < -0.39 is 11.1 Å². The topological polar surface area (TPSA) is 79.4 Å². The highest BCUT2D eigenvalue weighted by molar-refractivity contribution is 14.1. The van der Waals surface area contributed by atoms with Crippen molar-refractivity contribution in [2.75, 3.05) is 44.7 Å². The van der Waals surface area contributed by atoms with Crippen molar-refractivity contribution in [2.45, 2.75) is 6.61 Å². The molecular formula is C30H26Cl2IN3O5S. The molecule has 0 spiro atoms. The average molecular weight is 738 g/mol. The van der Waals surface area contributed by atoms with Crippen LogP contribution in [0.5, 0.6) is 11.5 Å². The lowest BCUT2D eigenvalue weighted by atomic mass is 10.1. The molecule has 12 heteroatoms. The van der Waals surface area contributed by atoms with Crippen LogP contribution >= 0.6 is 57.6 Å². The summed E-state index contributed by atoms with van der Waals surface area (Å²) in [6.45, 7) is 2.34. The summed E-state index contributed by atoms with van der Waals surface area (Å²) in [5.74, 6) is 0.243. The van der Waals surface area contributed by atoms with Crippen LogP contribution in [0.3, 0.4) is 0 Å². The maximum atomic E-state index is 13.2. The lowest BCUT2D eigenvalue weighted by Crippen LogP contribution is -2.51. The summed E-state index contributed by atoms with van der Waals surface area (Å²) in [4.78, 5) is 44.1. The van der Waals surface area contributed by atoms with Gasteiger partial charge in [0.1, 0.15) is 13.2 Å². The van der Waals surface area contributed by atoms with Crippen molar-refractivity contribution in [3.05, 3.63) is 90.3 Å². The fourth-order valence-electron chi connectivity index (χ4n) is 4.63. The van der Waals surface area contributed by atoms with Crippen molar-refractivity contribution in [3.63, 3.8) is 0 Å². The quantitative estimate of drug-likeness (QED) is 0.191. The maximum absolute atomic E-state index is 13.2. The molecule has 0 radical (unpaired) electrons. The van der Waals surface area contributed by atoms with Crippen LogP contribution in [-0.4, -0.2) is 66.7 Å². The number of anilines is 1. The molecule has 0 N–H and O–H groups in total. The van der Waals surface area contributed by atoms with Crippen molar-refractivity contribution >= 4 is 86.4 Å². The minimum atomic E-state index is -0.493. The molecule has 2 fully saturated rings. The number of rotatable bonds is 8. The first-order valence-corrected chi connectivity index (χ1v) is 15.7. The highest BCUT2D eigenvalue weighted by Crippen LogP contribution is 2.38. The molecule has 2 aliphatic rings. The maximum Gasteiger partial charge on any atom is 0.294 e. The van der Waals surface area contributed by atoms with Crippen LogP contribution in [0.1, 0.15) is 11.1 Å². The molecule has 0 bridgehead atoms. The van der Waals surface area contributed by atoms with Crippen molar-refractivity contribution < 1.29 is 23.9 Å². The molecular weight excluding hydrogens is 712 g/mol. The first-order valence-electron chi connectivity index (χ1n) is 13.0. The molecule has 218 valence electrons. The molecule has 0 aliphatic carbocycles. The molecule has 42 heavy (non-hydrogen) atoms. The minimum Gasteiger partial charge on any atom is -0.493 e. The van der Waals surface area contributed by atoms with Gasteiger partial charge in [0.25, 0.3) is 11.1 Å². The number of carbonyl (C=O) groups excluding carboxylic acids is 3. The van der Waals surface area contributed by atoms with Crippen LogP contribution in [0.4, 0.5) is 10.5 Å². The van der Waals surface area contributed by atoms with Gasteiger partial charge >= 0.3 is 0 Å². The molecule has 3 aromatic rings. The number of thioether (sulfide) groups is 1. The third-order valence-electron chi connectivity index (χ3n) is 6.86. The molecule has 8 nitrogen and oxygen atoms in total. The van der Waals surface area contributed by atoms with Crippen LogP contribution in [0.2, 0.25) is 10.0 Å². The molecule has 2 saturated heterocycles. The second-order valence-electron chi connectivity index (χ2n) is 9.53. The largest absolute Gasteiger partial charge is 0.493 e. The van der Waals surface area contributed by atoms with E-state index in [1.54, 1.807) is 35.2 Å². The average Bonchev–Trinajstić information content (AvgIpc) is 3.24. The van der Waals surface area contributed by atoms with Crippen LogP contribution in [0.25, 0.3) is 6.08 Å². The lowest BCUT2D eigenvalue weighted by molar-refractivity contribution is -0.136. The summed E-state index contributed by atoms with van der Waals surface area (Å²) >= 11 is 15.2. The third-order valence-corrected chi connectivity index (χ3v) is 9.15. The number of benzene rings is 3. The molecule has 2 heterocycles. The first kappa shape index (κ1) is 30.5. The van der Waals surface area contributed by atoms with Gasteiger partial charge in [-0.1, -0.05) is 47.5 Å². The van der Waals surface area contributed by atoms with E-state index in [9.17, 15) is 14.4 Å². The third kappa shape index (κ3) is 6.99. The zero-order valence-corrected chi connectivity index (χ0v) is 27.0. The van der Waals surface area contributed by atoms with Crippen LogP contribution < -0.4 is 14.4 Å². The van der Waals surface area contributed by atoms with Crippen molar-refractivity contribution in [1.29, 1.82) is 0 Å². The number of methoxy groups -OCH3 is 1. The van der Waals surface area contributed by atoms with E-state index in [1.165, 1.54) is 7.11 Å². The minimum absolute atomic E-state index is 0.204. The normalized spacial score (nSPS) is 16.4. The van der Waals surface area contributed by atoms with Gasteiger partial charge in [-0.3, -0.25) is 19.3 Å². The van der Waals surface area contributed by atoms with Gasteiger partial charge in [-0.05, 0) is 82.4 Å². The van der Waals surface area contributed by atoms with Crippen molar-refractivity contribution in [3.8, 4) is 11.5 Å². The number of piperazine rings is 1. The van der Waals surface area contributed by atoms with E-state index in [0.717, 1.165) is 31.5 Å². The number of hydrogen-bond donors (Lipinski definition) is 0. The Kier molecular flexibility index (Phi) is 9.87. The van der Waals surface area contributed by atoms with Gasteiger partial charge in [-0.2, -0.15) is 0 Å². The number of nitrogens with zero attached hydrogens (tertiary/aromatic N) is 3. The van der Waals surface area contributed by atoms with E-state index in [0.29, 0.717) is 53.3 Å². The Labute approximate surface area is 271 Å². The van der Waals surface area contributed by atoms with E-state index >= 15 is 0 Å². The van der Waals surface area contributed by atoms with Gasteiger partial charge in [0, 0.05) is 47.5 Å². The molecule has 3 aromatic carbocycles. The number of imide groups is 1. The molecule has 0 unspecified atom stereocenters. The van der Waals surface area contributed by atoms with E-state index in [2.05, 4.69) is 27.5 Å². The van der Waals surface area contributed by atoms with Crippen molar-refractivity contribution in [2.24, 2.45) is 0 Å². The lowest BCUT2D eigenvalue weighted by Gasteiger charge is -2.36. The second-order valence-corrected chi connectivity index (χ2v) is 12.5. The second kappa shape index (κ2) is 13.6. The Bertz CT molecular complexity index is 1550. The number of ether oxygens (including phenoxy) is 2. The summed E-state index contributed by atoms with van der Waals surface area (Å²) in [7, 11) is 1.52. The summed E-state index contributed by atoms with van der Waals surface area (Å²) in [6.07, 6.45) is 1.62. The Balaban J connectivity index is 1.23. The van der Waals surface area contributed by atoms with Gasteiger partial charge in [0.05, 0.1) is 15.6 Å². The van der Waals surface area contributed by atoms with Crippen LogP contribution in [0, 0.1) is 3.57 Å². The smallest absolute Gasteiger partial charge is 0.294 e. The van der Waals surface area contributed by atoms with Crippen molar-refractivity contribution in [1.82, 2.24) is 9.80 Å². The number of hydrogen-bond acceptors (Lipinski definition) is 7. The fraction of sp³-hybridized carbons (Fsp3) is 0.233. The van der Waals surface area contributed by atoms with Crippen LogP contribution in [0.15, 0.2) is 65.6 Å². The Hall–Kier alpha value is -2.93. The number of para-hydroxylation sites is 1. The zero-order valence-electron chi connectivity index (χ0n) is 22.5. The Morgan fingerprint density at radius 2 is 1.76 bits per heavy atom. The number of amides is 3. The summed E-state index contributed by atoms with van der Waals surface area (Å²) < 4.78 is 12.3. The molecule has 0 saturated carbocycles. The van der Waals surface area contributed by atoms with Gasteiger partial charge in [-0.25, -0.2) is 0 Å². The molecule has 5 rings (SSSR count). The predicted octanol–water partition coefficient (Wildman–Crippen LogP) is 6.57. The molecule has 0 aromatic heterocycles. The monoisotopic (exact) mass is 737 g/mol. The highest BCUT2D eigenvalue weighted by Gasteiger charge is 2.37. The van der Waals surface area contributed by atoms with E-state index in [-0.39, 0.29) is 24.0 Å². The summed E-state index contributed by atoms with van der Waals surface area (Å²) in [6, 6.07) is 18.8. The van der Waals surface area contributed by atoms with Gasteiger partial charge in [0.15, 0.2) is 11.5 Å². The zero-order chi connectivity index (χ0) is 29.8. The predicted molar refractivity (Wildman–Crippen MR) is 174 cm³/mol. The fourth-order valence-corrected chi connectivity index (χ4v) is 6.71. The molecule has 0 atom stereocenters. The number of carbonyl (C=O) groups is 3. The first-order chi connectivity index (χ1) is 20.2. The standard InChI is InChI=1S/C30H26Cl2IN3O5S/c1-40-25-14-19(13-24(33)28(25)41-18-20-7-8-21(31)16-23(20)32)15-26-29(38)36(30(39)42-26)17-27(37)35-11-9-34(10-12-35)22-5-3-2-4-6-22/h2-8,13-16H,9-12,17-18H2,1H3/b26-15+.